The van der Waals surface area contributed by atoms with E-state index in [1.165, 1.54) is 19.2 Å². The molecule has 0 unspecified atom stereocenters. The lowest BCUT2D eigenvalue weighted by molar-refractivity contribution is 0.0677. The molecule has 0 heterocycles. The van der Waals surface area contributed by atoms with Gasteiger partial charge in [0.15, 0.2) is 0 Å². The van der Waals surface area contributed by atoms with Crippen molar-refractivity contribution < 1.29 is 18.3 Å². The molecule has 0 saturated carbocycles. The molecular formula is C10H10F2O2. The first-order valence-electron chi connectivity index (χ1n) is 4.04. The molecule has 0 aromatic heterocycles. The second-order valence-corrected chi connectivity index (χ2v) is 2.80. The quantitative estimate of drug-likeness (QED) is 0.700. The largest absolute Gasteiger partial charge is 0.496 e. The molecule has 4 heteroatoms. The average Bonchev–Trinajstić information content (AvgIpc) is 2.17. The van der Waals surface area contributed by atoms with Crippen LogP contribution < -0.4 is 4.74 Å². The summed E-state index contributed by atoms with van der Waals surface area (Å²) in [5.74, 6) is -0.724. The first-order valence-corrected chi connectivity index (χ1v) is 4.04. The lowest BCUT2D eigenvalue weighted by atomic mass is 10.0. The zero-order valence-electron chi connectivity index (χ0n) is 7.88. The van der Waals surface area contributed by atoms with Gasteiger partial charge in [-0.25, -0.2) is 8.78 Å². The fourth-order valence-electron chi connectivity index (χ4n) is 1.22. The van der Waals surface area contributed by atoms with Crippen molar-refractivity contribution in [1.82, 2.24) is 0 Å². The first kappa shape index (κ1) is 10.6. The number of rotatable bonds is 3. The summed E-state index contributed by atoms with van der Waals surface area (Å²) in [6, 6.07) is 4.51. The van der Waals surface area contributed by atoms with Gasteiger partial charge in [0.05, 0.1) is 7.11 Å². The van der Waals surface area contributed by atoms with Crippen molar-refractivity contribution in [2.75, 3.05) is 7.11 Å². The van der Waals surface area contributed by atoms with Crippen LogP contribution in [0.15, 0.2) is 18.2 Å². The van der Waals surface area contributed by atoms with E-state index in [-0.39, 0.29) is 5.56 Å². The highest BCUT2D eigenvalue weighted by Crippen LogP contribution is 2.22. The summed E-state index contributed by atoms with van der Waals surface area (Å²) in [6.07, 6.45) is -2.97. The molecule has 1 aromatic carbocycles. The fraction of sp³-hybridized carbons (Fsp3) is 0.300. The summed E-state index contributed by atoms with van der Waals surface area (Å²) in [6.45, 7) is 1.58. The fourth-order valence-corrected chi connectivity index (χ4v) is 1.22. The third kappa shape index (κ3) is 1.89. The highest BCUT2D eigenvalue weighted by atomic mass is 19.3. The molecule has 0 fully saturated rings. The van der Waals surface area contributed by atoms with Crippen molar-refractivity contribution in [3.8, 4) is 5.75 Å². The monoisotopic (exact) mass is 200 g/mol. The molecule has 0 aliphatic heterocycles. The number of methoxy groups -OCH3 is 1. The van der Waals surface area contributed by atoms with Crippen LogP contribution in [0.1, 0.15) is 15.9 Å². The molecule has 0 aliphatic rings. The topological polar surface area (TPSA) is 26.3 Å². The van der Waals surface area contributed by atoms with E-state index in [1.807, 2.05) is 0 Å². The van der Waals surface area contributed by atoms with Gasteiger partial charge in [-0.05, 0) is 13.0 Å². The SMILES string of the molecule is COc1cccc(C(=O)C(F)F)c1C. The number of halogens is 2. The number of Topliss-reactive ketones (excluding diaryl/α,β-unsaturated/α-hetero) is 1. The summed E-state index contributed by atoms with van der Waals surface area (Å²) in [4.78, 5) is 11.0. The Morgan fingerprint density at radius 2 is 2.07 bits per heavy atom. The molecule has 1 rings (SSSR count). The summed E-state index contributed by atoms with van der Waals surface area (Å²) in [7, 11) is 1.43. The van der Waals surface area contributed by atoms with Crippen LogP contribution in [0.4, 0.5) is 8.78 Å². The van der Waals surface area contributed by atoms with Crippen LogP contribution in [0.25, 0.3) is 0 Å². The first-order chi connectivity index (χ1) is 6.57. The molecular weight excluding hydrogens is 190 g/mol. The van der Waals surface area contributed by atoms with Crippen molar-refractivity contribution in [3.05, 3.63) is 29.3 Å². The van der Waals surface area contributed by atoms with Crippen LogP contribution in [0.2, 0.25) is 0 Å². The van der Waals surface area contributed by atoms with E-state index in [2.05, 4.69) is 0 Å². The molecule has 0 atom stereocenters. The normalized spacial score (nSPS) is 10.4. The van der Waals surface area contributed by atoms with Crippen molar-refractivity contribution in [2.45, 2.75) is 13.3 Å². The Kier molecular flexibility index (Phi) is 3.17. The Morgan fingerprint density at radius 1 is 1.43 bits per heavy atom. The Bertz CT molecular complexity index is 348. The van der Waals surface area contributed by atoms with Crippen molar-refractivity contribution in [2.24, 2.45) is 0 Å². The third-order valence-corrected chi connectivity index (χ3v) is 1.97. The van der Waals surface area contributed by atoms with Gasteiger partial charge >= 0.3 is 6.43 Å². The number of ether oxygens (including phenoxy) is 1. The molecule has 0 N–H and O–H groups in total. The zero-order chi connectivity index (χ0) is 10.7. The van der Waals surface area contributed by atoms with Crippen LogP contribution in [-0.2, 0) is 0 Å². The summed E-state index contributed by atoms with van der Waals surface area (Å²) in [5.41, 5.74) is 0.458. The predicted molar refractivity (Wildman–Crippen MR) is 48.1 cm³/mol. The molecule has 0 aliphatic carbocycles. The van der Waals surface area contributed by atoms with Gasteiger partial charge in [-0.1, -0.05) is 12.1 Å². The van der Waals surface area contributed by atoms with Crippen LogP contribution in [0.5, 0.6) is 5.75 Å². The van der Waals surface area contributed by atoms with E-state index < -0.39 is 12.2 Å². The van der Waals surface area contributed by atoms with E-state index in [0.717, 1.165) is 0 Å². The maximum absolute atomic E-state index is 12.1. The zero-order valence-corrected chi connectivity index (χ0v) is 7.88. The van der Waals surface area contributed by atoms with Crippen molar-refractivity contribution in [1.29, 1.82) is 0 Å². The van der Waals surface area contributed by atoms with E-state index in [1.54, 1.807) is 13.0 Å². The number of carbonyl (C=O) groups excluding carboxylic acids is 1. The Balaban J connectivity index is 3.16. The maximum atomic E-state index is 12.1. The minimum atomic E-state index is -2.97. The lowest BCUT2D eigenvalue weighted by Crippen LogP contribution is -2.12. The standard InChI is InChI=1S/C10H10F2O2/c1-6-7(9(13)10(11)12)4-3-5-8(6)14-2/h3-5,10H,1-2H3. The van der Waals surface area contributed by atoms with Gasteiger partial charge in [0.1, 0.15) is 5.75 Å². The molecule has 14 heavy (non-hydrogen) atoms. The molecule has 0 amide bonds. The Hall–Kier alpha value is -1.45. The maximum Gasteiger partial charge on any atom is 0.300 e. The van der Waals surface area contributed by atoms with E-state index in [0.29, 0.717) is 11.3 Å². The highest BCUT2D eigenvalue weighted by molar-refractivity contribution is 6.00. The lowest BCUT2D eigenvalue weighted by Gasteiger charge is -2.08. The minimum Gasteiger partial charge on any atom is -0.496 e. The molecule has 76 valence electrons. The van der Waals surface area contributed by atoms with Crippen molar-refractivity contribution >= 4 is 5.78 Å². The molecule has 0 spiro atoms. The number of ketones is 1. The minimum absolute atomic E-state index is 0.0133. The molecule has 0 bridgehead atoms. The van der Waals surface area contributed by atoms with E-state index >= 15 is 0 Å². The molecule has 0 saturated heterocycles. The van der Waals surface area contributed by atoms with Gasteiger partial charge < -0.3 is 4.74 Å². The van der Waals surface area contributed by atoms with Gasteiger partial charge in [0.25, 0.3) is 0 Å². The molecule has 1 aromatic rings. The Morgan fingerprint density at radius 3 is 2.57 bits per heavy atom. The summed E-state index contributed by atoms with van der Waals surface area (Å²) in [5, 5.41) is 0. The van der Waals surface area contributed by atoms with Crippen LogP contribution in [-0.4, -0.2) is 19.3 Å². The second kappa shape index (κ2) is 4.17. The van der Waals surface area contributed by atoms with Gasteiger partial charge in [-0.3, -0.25) is 4.79 Å². The van der Waals surface area contributed by atoms with Crippen LogP contribution in [0, 0.1) is 6.92 Å². The van der Waals surface area contributed by atoms with Crippen LogP contribution in [0.3, 0.4) is 0 Å². The summed E-state index contributed by atoms with van der Waals surface area (Å²) >= 11 is 0. The number of hydrogen-bond acceptors (Lipinski definition) is 2. The second-order valence-electron chi connectivity index (χ2n) is 2.80. The number of carbonyl (C=O) groups is 1. The Labute approximate surface area is 80.5 Å². The van der Waals surface area contributed by atoms with E-state index in [9.17, 15) is 13.6 Å². The van der Waals surface area contributed by atoms with Gasteiger partial charge in [-0.15, -0.1) is 0 Å². The van der Waals surface area contributed by atoms with Crippen LogP contribution >= 0.6 is 0 Å². The average molecular weight is 200 g/mol. The number of alkyl halides is 2. The highest BCUT2D eigenvalue weighted by Gasteiger charge is 2.20. The number of hydrogen-bond donors (Lipinski definition) is 0. The molecule has 0 radical (unpaired) electrons. The van der Waals surface area contributed by atoms with Gasteiger partial charge in [0.2, 0.25) is 5.78 Å². The smallest absolute Gasteiger partial charge is 0.300 e. The third-order valence-electron chi connectivity index (χ3n) is 1.97. The predicted octanol–water partition coefficient (Wildman–Crippen LogP) is 2.45. The molecule has 2 nitrogen and oxygen atoms in total. The van der Waals surface area contributed by atoms with Gasteiger partial charge in [0, 0.05) is 11.1 Å². The number of benzene rings is 1. The van der Waals surface area contributed by atoms with Gasteiger partial charge in [-0.2, -0.15) is 0 Å². The summed E-state index contributed by atoms with van der Waals surface area (Å²) < 4.78 is 29.2. The van der Waals surface area contributed by atoms with Crippen molar-refractivity contribution in [3.63, 3.8) is 0 Å². The van der Waals surface area contributed by atoms with E-state index in [4.69, 9.17) is 4.74 Å².